The van der Waals surface area contributed by atoms with Crippen molar-refractivity contribution in [1.29, 1.82) is 0 Å². The first kappa shape index (κ1) is 16.7. The number of nitrogens with zero attached hydrogens (tertiary/aromatic N) is 1. The molecule has 1 atom stereocenters. The van der Waals surface area contributed by atoms with Crippen molar-refractivity contribution in [1.82, 2.24) is 4.90 Å². The summed E-state index contributed by atoms with van der Waals surface area (Å²) in [6.07, 6.45) is 2.25. The van der Waals surface area contributed by atoms with Crippen molar-refractivity contribution in [2.24, 2.45) is 5.73 Å². The standard InChI is InChI=1S/C17H23ClN2O3/c1-2-20-10-14-12(8-11(18)9-13(14)17(20)21)15(19)4-5-16-22-6-3-7-23-16/h8-9,15-16H,2-7,10,19H2,1H3/t15-/m0/s1. The maximum absolute atomic E-state index is 12.3. The minimum Gasteiger partial charge on any atom is -0.353 e. The predicted molar refractivity (Wildman–Crippen MR) is 88.3 cm³/mol. The Morgan fingerprint density at radius 3 is 2.83 bits per heavy atom. The van der Waals surface area contributed by atoms with E-state index in [-0.39, 0.29) is 18.2 Å². The van der Waals surface area contributed by atoms with Gasteiger partial charge < -0.3 is 20.1 Å². The maximum atomic E-state index is 12.3. The molecular formula is C17H23ClN2O3. The van der Waals surface area contributed by atoms with E-state index in [1.165, 1.54) is 0 Å². The third kappa shape index (κ3) is 3.53. The number of nitrogens with two attached hydrogens (primary N) is 1. The molecule has 2 aliphatic rings. The summed E-state index contributed by atoms with van der Waals surface area (Å²) in [5.41, 5.74) is 9.06. The van der Waals surface area contributed by atoms with Crippen molar-refractivity contribution in [3.05, 3.63) is 33.8 Å². The van der Waals surface area contributed by atoms with E-state index in [2.05, 4.69) is 0 Å². The van der Waals surface area contributed by atoms with Crippen molar-refractivity contribution in [2.45, 2.75) is 45.1 Å². The van der Waals surface area contributed by atoms with Crippen LogP contribution in [0.2, 0.25) is 5.02 Å². The van der Waals surface area contributed by atoms with Gasteiger partial charge in [-0.15, -0.1) is 0 Å². The van der Waals surface area contributed by atoms with Crippen LogP contribution in [0.3, 0.4) is 0 Å². The number of benzene rings is 1. The molecule has 1 fully saturated rings. The molecule has 126 valence electrons. The van der Waals surface area contributed by atoms with Gasteiger partial charge in [-0.3, -0.25) is 4.79 Å². The van der Waals surface area contributed by atoms with Crippen LogP contribution in [0.25, 0.3) is 0 Å². The molecule has 23 heavy (non-hydrogen) atoms. The van der Waals surface area contributed by atoms with Gasteiger partial charge in [0.1, 0.15) is 0 Å². The highest BCUT2D eigenvalue weighted by molar-refractivity contribution is 6.31. The number of hydrogen-bond acceptors (Lipinski definition) is 4. The fourth-order valence-corrected chi connectivity index (χ4v) is 3.45. The Kier molecular flexibility index (Phi) is 5.21. The van der Waals surface area contributed by atoms with E-state index in [1.807, 2.05) is 17.9 Å². The second kappa shape index (κ2) is 7.18. The van der Waals surface area contributed by atoms with Gasteiger partial charge in [0, 0.05) is 36.1 Å². The Hall–Kier alpha value is -1.14. The van der Waals surface area contributed by atoms with Crippen LogP contribution in [0.15, 0.2) is 12.1 Å². The molecule has 0 bridgehead atoms. The summed E-state index contributed by atoms with van der Waals surface area (Å²) < 4.78 is 11.1. The summed E-state index contributed by atoms with van der Waals surface area (Å²) in [6.45, 7) is 4.76. The number of carbonyl (C=O) groups excluding carboxylic acids is 1. The van der Waals surface area contributed by atoms with Gasteiger partial charge in [-0.2, -0.15) is 0 Å². The Balaban J connectivity index is 1.74. The van der Waals surface area contributed by atoms with E-state index in [4.69, 9.17) is 26.8 Å². The second-order valence-electron chi connectivity index (χ2n) is 6.05. The van der Waals surface area contributed by atoms with E-state index < -0.39 is 0 Å². The van der Waals surface area contributed by atoms with Crippen LogP contribution in [0.4, 0.5) is 0 Å². The summed E-state index contributed by atoms with van der Waals surface area (Å²) in [7, 11) is 0. The summed E-state index contributed by atoms with van der Waals surface area (Å²) >= 11 is 6.20. The summed E-state index contributed by atoms with van der Waals surface area (Å²) in [6, 6.07) is 3.46. The SMILES string of the molecule is CCN1Cc2c(cc(Cl)cc2[C@@H](N)CCC2OCCCO2)C1=O. The van der Waals surface area contributed by atoms with Crippen LogP contribution in [0, 0.1) is 0 Å². The molecule has 2 N–H and O–H groups in total. The number of carbonyl (C=O) groups is 1. The zero-order chi connectivity index (χ0) is 16.4. The van der Waals surface area contributed by atoms with Crippen molar-refractivity contribution < 1.29 is 14.3 Å². The van der Waals surface area contributed by atoms with E-state index in [1.54, 1.807) is 6.07 Å². The molecule has 0 radical (unpaired) electrons. The number of halogens is 1. The lowest BCUT2D eigenvalue weighted by molar-refractivity contribution is -0.182. The lowest BCUT2D eigenvalue weighted by atomic mass is 9.95. The van der Waals surface area contributed by atoms with Crippen molar-refractivity contribution in [2.75, 3.05) is 19.8 Å². The average Bonchev–Trinajstić information content (AvgIpc) is 2.89. The molecule has 2 aliphatic heterocycles. The largest absolute Gasteiger partial charge is 0.353 e. The Morgan fingerprint density at radius 1 is 1.39 bits per heavy atom. The minimum atomic E-state index is -0.179. The topological polar surface area (TPSA) is 64.8 Å². The molecule has 1 amide bonds. The molecule has 0 aromatic heterocycles. The molecule has 0 aliphatic carbocycles. The molecule has 1 aromatic carbocycles. The number of rotatable bonds is 5. The van der Waals surface area contributed by atoms with Gasteiger partial charge in [0.05, 0.1) is 13.2 Å². The highest BCUT2D eigenvalue weighted by atomic mass is 35.5. The second-order valence-corrected chi connectivity index (χ2v) is 6.49. The van der Waals surface area contributed by atoms with Crippen LogP contribution >= 0.6 is 11.6 Å². The molecule has 0 saturated carbocycles. The fourth-order valence-electron chi connectivity index (χ4n) is 3.22. The van der Waals surface area contributed by atoms with Crippen molar-refractivity contribution in [3.63, 3.8) is 0 Å². The van der Waals surface area contributed by atoms with E-state index in [0.717, 1.165) is 43.6 Å². The molecule has 5 nitrogen and oxygen atoms in total. The molecule has 0 unspecified atom stereocenters. The lowest BCUT2D eigenvalue weighted by Gasteiger charge is -2.25. The number of ether oxygens (including phenoxy) is 2. The fraction of sp³-hybridized carbons (Fsp3) is 0.588. The molecule has 6 heteroatoms. The quantitative estimate of drug-likeness (QED) is 0.896. The first-order valence-corrected chi connectivity index (χ1v) is 8.58. The van der Waals surface area contributed by atoms with Crippen LogP contribution in [-0.4, -0.2) is 36.9 Å². The summed E-state index contributed by atoms with van der Waals surface area (Å²) in [5, 5.41) is 0.561. The van der Waals surface area contributed by atoms with Gasteiger partial charge in [0.15, 0.2) is 6.29 Å². The van der Waals surface area contributed by atoms with Crippen molar-refractivity contribution in [3.8, 4) is 0 Å². The first-order chi connectivity index (χ1) is 11.1. The lowest BCUT2D eigenvalue weighted by Crippen LogP contribution is -2.26. The first-order valence-electron chi connectivity index (χ1n) is 8.20. The van der Waals surface area contributed by atoms with Gasteiger partial charge in [-0.1, -0.05) is 11.6 Å². The van der Waals surface area contributed by atoms with Crippen molar-refractivity contribution >= 4 is 17.5 Å². The zero-order valence-corrected chi connectivity index (χ0v) is 14.1. The number of amides is 1. The predicted octanol–water partition coefficient (Wildman–Crippen LogP) is 2.86. The average molecular weight is 339 g/mol. The maximum Gasteiger partial charge on any atom is 0.254 e. The third-order valence-electron chi connectivity index (χ3n) is 4.51. The Bertz CT molecular complexity index is 587. The highest BCUT2D eigenvalue weighted by Gasteiger charge is 2.30. The number of fused-ring (bicyclic) bond motifs is 1. The van der Waals surface area contributed by atoms with Crippen LogP contribution in [0.5, 0.6) is 0 Å². The monoisotopic (exact) mass is 338 g/mol. The van der Waals surface area contributed by atoms with E-state index in [0.29, 0.717) is 23.7 Å². The smallest absolute Gasteiger partial charge is 0.254 e. The van der Waals surface area contributed by atoms with Gasteiger partial charge in [0.25, 0.3) is 5.91 Å². The minimum absolute atomic E-state index is 0.0393. The molecule has 1 aromatic rings. The number of hydrogen-bond donors (Lipinski definition) is 1. The summed E-state index contributed by atoms with van der Waals surface area (Å²) in [4.78, 5) is 14.2. The normalized spacial score (nSPS) is 20.0. The van der Waals surface area contributed by atoms with E-state index in [9.17, 15) is 4.79 Å². The van der Waals surface area contributed by atoms with Crippen LogP contribution < -0.4 is 5.73 Å². The van der Waals surface area contributed by atoms with Gasteiger partial charge in [-0.25, -0.2) is 0 Å². The van der Waals surface area contributed by atoms with Crippen LogP contribution in [0.1, 0.15) is 53.7 Å². The van der Waals surface area contributed by atoms with E-state index >= 15 is 0 Å². The molecule has 1 saturated heterocycles. The highest BCUT2D eigenvalue weighted by Crippen LogP contribution is 2.33. The molecular weight excluding hydrogens is 316 g/mol. The van der Waals surface area contributed by atoms with Crippen LogP contribution in [-0.2, 0) is 16.0 Å². The van der Waals surface area contributed by atoms with Gasteiger partial charge in [0.2, 0.25) is 0 Å². The molecule has 0 spiro atoms. The van der Waals surface area contributed by atoms with Gasteiger partial charge in [-0.05, 0) is 43.0 Å². The summed E-state index contributed by atoms with van der Waals surface area (Å²) in [5.74, 6) is 0.0393. The molecule has 3 rings (SSSR count). The zero-order valence-electron chi connectivity index (χ0n) is 13.4. The Labute approximate surface area is 141 Å². The third-order valence-corrected chi connectivity index (χ3v) is 4.72. The van der Waals surface area contributed by atoms with Gasteiger partial charge >= 0.3 is 0 Å². The molecule has 2 heterocycles. The Morgan fingerprint density at radius 2 is 2.13 bits per heavy atom.